The molecule has 0 heterocycles. The van der Waals surface area contributed by atoms with Gasteiger partial charge in [-0.1, -0.05) is 48.5 Å². The van der Waals surface area contributed by atoms with Crippen LogP contribution in [0.15, 0.2) is 68.1 Å². The maximum absolute atomic E-state index is 8.67. The van der Waals surface area contributed by atoms with E-state index in [1.165, 1.54) is 48.5 Å². The summed E-state index contributed by atoms with van der Waals surface area (Å²) < 4.78 is 0. The smallest absolute Gasteiger partial charge is 0.780 e. The fraction of sp³-hybridized carbons (Fsp3) is 0. The van der Waals surface area contributed by atoms with Crippen LogP contribution in [0, 0.1) is 136 Å². The van der Waals surface area contributed by atoms with Crippen LogP contribution in [-0.4, -0.2) is 0 Å². The van der Waals surface area contributed by atoms with Crippen molar-refractivity contribution < 1.29 is 19.5 Å². The minimum absolute atomic E-state index is 0. The van der Waals surface area contributed by atoms with Gasteiger partial charge in [0.15, 0.2) is 0 Å². The third-order valence-electron chi connectivity index (χ3n) is 5.86. The van der Waals surface area contributed by atoms with E-state index in [4.69, 9.17) is 114 Å². The topological polar surface area (TPSA) is 285 Å². The monoisotopic (exact) mass is 800 g/mol. The minimum atomic E-state index is 0. The Balaban J connectivity index is 0.000000676. The second-order valence-electron chi connectivity index (χ2n) is 8.92. The Hall–Kier alpha value is -7.74. The number of benzene rings is 4. The van der Waals surface area contributed by atoms with E-state index in [2.05, 4.69) is 0 Å². The molecule has 0 bridgehead atoms. The summed E-state index contributed by atoms with van der Waals surface area (Å²) in [5, 5.41) is 104. The second kappa shape index (κ2) is 22.8. The molecule has 0 aliphatic heterocycles. The molecule has 0 N–H and O–H groups in total. The van der Waals surface area contributed by atoms with Crippen LogP contribution in [0.3, 0.4) is 0 Å². The quantitative estimate of drug-likeness (QED) is 0.170. The summed E-state index contributed by atoms with van der Waals surface area (Å²) in [4.78, 5) is 1.58. The van der Waals surface area contributed by atoms with Gasteiger partial charge >= 0.3 is 19.5 Å². The van der Waals surface area contributed by atoms with Crippen molar-refractivity contribution in [3.63, 3.8) is 0 Å². The first-order valence-electron chi connectivity index (χ1n) is 13.1. The summed E-state index contributed by atoms with van der Waals surface area (Å²) in [6.07, 6.45) is 0. The molecule has 53 heavy (non-hydrogen) atoms. The van der Waals surface area contributed by atoms with Gasteiger partial charge in [0.25, 0.3) is 0 Å². The van der Waals surface area contributed by atoms with Crippen molar-refractivity contribution in [1.82, 2.24) is 0 Å². The summed E-state index contributed by atoms with van der Waals surface area (Å²) in [7, 11) is 0. The van der Waals surface area contributed by atoms with Gasteiger partial charge in [-0.05, 0) is 0 Å². The first-order chi connectivity index (χ1) is 24.9. The van der Waals surface area contributed by atoms with Crippen LogP contribution in [0.4, 0.5) is 0 Å². The molecule has 0 atom stereocenters. The minimum Gasteiger partial charge on any atom is -0.780 e. The average molecular weight is 802 g/mol. The molecule has 12 nitrogen and oxygen atoms in total. The predicted octanol–water partition coefficient (Wildman–Crippen LogP) is 4.83. The number of hydrogen-bond acceptors (Lipinski definition) is 16. The van der Waals surface area contributed by atoms with Gasteiger partial charge in [0.1, 0.15) is 72.8 Å². The Morgan fingerprint density at radius 3 is 0.434 bits per heavy atom. The van der Waals surface area contributed by atoms with Crippen molar-refractivity contribution in [2.75, 3.05) is 0 Å². The summed E-state index contributed by atoms with van der Waals surface area (Å²) >= 11 is 19.3. The second-order valence-corrected chi connectivity index (χ2v) is 10.8. The van der Waals surface area contributed by atoms with E-state index in [0.29, 0.717) is 19.6 Å². The van der Waals surface area contributed by atoms with Crippen LogP contribution in [0.2, 0.25) is 0 Å². The third kappa shape index (κ3) is 12.3. The molecule has 4 aromatic carbocycles. The van der Waals surface area contributed by atoms with Crippen LogP contribution in [-0.2, 0) is 70.0 Å². The Kier molecular flexibility index (Phi) is 19.5. The standard InChI is InChI=1S/4C9H3N3S.Zn/c4*10-3-6-1-8(13)2-7(4-11)9(6)5-12;/h4*1-2,13H;/q;;;;+2/p-4. The fourth-order valence-corrected chi connectivity index (χ4v) is 4.59. The van der Waals surface area contributed by atoms with Gasteiger partial charge in [-0.15, -0.1) is 0 Å². The number of nitriles is 12. The summed E-state index contributed by atoms with van der Waals surface area (Å²) in [5.74, 6) is 0. The molecule has 0 aliphatic carbocycles. The molecule has 17 heteroatoms. The largest absolute Gasteiger partial charge is 2.00 e. The van der Waals surface area contributed by atoms with Gasteiger partial charge in [0.2, 0.25) is 0 Å². The van der Waals surface area contributed by atoms with Crippen molar-refractivity contribution >= 4 is 50.5 Å². The average Bonchev–Trinajstić information content (AvgIpc) is 3.16. The molecule has 0 aliphatic rings. The van der Waals surface area contributed by atoms with Crippen LogP contribution in [0.5, 0.6) is 0 Å². The molecule has 0 amide bonds. The molecule has 0 radical (unpaired) electrons. The number of nitrogens with zero attached hydrogens (tertiary/aromatic N) is 12. The molecular weight excluding hydrogens is 794 g/mol. The van der Waals surface area contributed by atoms with Crippen molar-refractivity contribution in [3.05, 3.63) is 115 Å². The van der Waals surface area contributed by atoms with Crippen LogP contribution in [0.1, 0.15) is 66.8 Å². The van der Waals surface area contributed by atoms with Gasteiger partial charge in [-0.3, -0.25) is 0 Å². The maximum atomic E-state index is 8.67. The van der Waals surface area contributed by atoms with E-state index in [0.717, 1.165) is 0 Å². The van der Waals surface area contributed by atoms with Gasteiger partial charge in [0.05, 0.1) is 66.8 Å². The molecule has 0 unspecified atom stereocenters. The normalized spacial score (nSPS) is 7.92. The van der Waals surface area contributed by atoms with E-state index in [1.54, 1.807) is 24.3 Å². The van der Waals surface area contributed by atoms with E-state index >= 15 is 0 Å². The number of hydrogen-bond donors (Lipinski definition) is 0. The molecule has 0 fully saturated rings. The van der Waals surface area contributed by atoms with Crippen LogP contribution < -0.4 is 0 Å². The molecular formula is C36H8N12S4Zn-2. The summed E-state index contributed by atoms with van der Waals surface area (Å²) in [6, 6.07) is 33.1. The van der Waals surface area contributed by atoms with Crippen LogP contribution in [0.25, 0.3) is 0 Å². The van der Waals surface area contributed by atoms with Gasteiger partial charge in [-0.2, -0.15) is 82.7 Å². The Labute approximate surface area is 338 Å². The molecule has 4 rings (SSSR count). The molecule has 4 aromatic rings. The Morgan fingerprint density at radius 2 is 0.358 bits per heavy atom. The van der Waals surface area contributed by atoms with Crippen molar-refractivity contribution in [3.8, 4) is 72.8 Å². The van der Waals surface area contributed by atoms with Crippen LogP contribution >= 0.6 is 0 Å². The van der Waals surface area contributed by atoms with E-state index in [-0.39, 0.29) is 86.2 Å². The molecule has 240 valence electrons. The molecule has 0 spiro atoms. The molecule has 0 aromatic heterocycles. The van der Waals surface area contributed by atoms with Crippen molar-refractivity contribution in [2.45, 2.75) is 19.6 Å². The number of rotatable bonds is 0. The van der Waals surface area contributed by atoms with Gasteiger partial charge in [0, 0.05) is 0 Å². The Bertz CT molecular complexity index is 2120. The SMILES string of the molecule is N#Cc1cc([S-])cc(C#N)c1C#N.N#Cc1cc([S-])cc(C#N)c1C#N.N#Cc1cc([S-])cc(C#N)c1C#N.N#Cc1cc([S-])cc(C#N)c1C#N.[Zn+2]. The zero-order valence-electron chi connectivity index (χ0n) is 26.3. The first kappa shape index (κ1) is 45.3. The van der Waals surface area contributed by atoms with Crippen molar-refractivity contribution in [2.24, 2.45) is 0 Å². The third-order valence-corrected chi connectivity index (χ3v) is 6.80. The van der Waals surface area contributed by atoms with E-state index in [1.807, 2.05) is 48.6 Å². The Morgan fingerprint density at radius 1 is 0.245 bits per heavy atom. The summed E-state index contributed by atoms with van der Waals surface area (Å²) in [6.45, 7) is 0. The summed E-state index contributed by atoms with van der Waals surface area (Å²) in [5.41, 5.74) is 1.65. The zero-order valence-corrected chi connectivity index (χ0v) is 32.6. The van der Waals surface area contributed by atoms with E-state index < -0.39 is 0 Å². The maximum Gasteiger partial charge on any atom is 2.00 e. The molecule has 0 saturated heterocycles. The molecule has 0 saturated carbocycles. The first-order valence-corrected chi connectivity index (χ1v) is 14.8. The van der Waals surface area contributed by atoms with Crippen molar-refractivity contribution in [1.29, 1.82) is 63.1 Å². The predicted molar refractivity (Wildman–Crippen MR) is 185 cm³/mol. The van der Waals surface area contributed by atoms with Gasteiger partial charge < -0.3 is 50.5 Å². The fourth-order valence-electron chi connectivity index (χ4n) is 3.65. The van der Waals surface area contributed by atoms with E-state index in [9.17, 15) is 0 Å². The van der Waals surface area contributed by atoms with Gasteiger partial charge in [-0.25, -0.2) is 0 Å². The zero-order chi connectivity index (χ0) is 39.4.